The van der Waals surface area contributed by atoms with E-state index in [1.54, 1.807) is 24.3 Å². The van der Waals surface area contributed by atoms with Gasteiger partial charge in [-0.2, -0.15) is 0 Å². The molecule has 0 saturated heterocycles. The number of hydrogen-bond acceptors (Lipinski definition) is 5. The van der Waals surface area contributed by atoms with Crippen LogP contribution < -0.4 is 0 Å². The van der Waals surface area contributed by atoms with Crippen LogP contribution >= 0.6 is 15.9 Å². The Balaban J connectivity index is 2.65. The SMILES string of the molecule is CS(=O)(=O)c1cnc(-c2ccc(Br)cc2)c([N+](=O)[O-])c1. The third-order valence-electron chi connectivity index (χ3n) is 2.58. The largest absolute Gasteiger partial charge is 0.296 e. The third kappa shape index (κ3) is 3.02. The zero-order valence-corrected chi connectivity index (χ0v) is 12.7. The minimum absolute atomic E-state index is 0.134. The number of nitrogens with zero attached hydrogens (tertiary/aromatic N) is 2. The molecule has 0 bridgehead atoms. The van der Waals surface area contributed by atoms with Gasteiger partial charge in [0.05, 0.1) is 9.82 Å². The van der Waals surface area contributed by atoms with Gasteiger partial charge in [-0.3, -0.25) is 10.1 Å². The summed E-state index contributed by atoms with van der Waals surface area (Å²) in [6, 6.07) is 7.81. The molecule has 0 amide bonds. The zero-order chi connectivity index (χ0) is 14.9. The molecular weight excluding hydrogens is 348 g/mol. The molecule has 0 radical (unpaired) electrons. The maximum Gasteiger partial charge on any atom is 0.296 e. The van der Waals surface area contributed by atoms with Crippen molar-refractivity contribution in [3.8, 4) is 11.3 Å². The lowest BCUT2D eigenvalue weighted by molar-refractivity contribution is -0.384. The van der Waals surface area contributed by atoms with E-state index in [-0.39, 0.29) is 16.3 Å². The maximum absolute atomic E-state index is 11.4. The van der Waals surface area contributed by atoms with E-state index in [2.05, 4.69) is 20.9 Å². The van der Waals surface area contributed by atoms with E-state index in [1.165, 1.54) is 0 Å². The number of halogens is 1. The van der Waals surface area contributed by atoms with Gasteiger partial charge in [-0.05, 0) is 12.1 Å². The zero-order valence-electron chi connectivity index (χ0n) is 10.3. The summed E-state index contributed by atoms with van der Waals surface area (Å²) in [5.74, 6) is 0. The fraction of sp³-hybridized carbons (Fsp3) is 0.0833. The van der Waals surface area contributed by atoms with Crippen LogP contribution in [0.15, 0.2) is 45.9 Å². The number of nitro groups is 1. The Bertz CT molecular complexity index is 773. The summed E-state index contributed by atoms with van der Waals surface area (Å²) < 4.78 is 23.7. The first kappa shape index (κ1) is 14.6. The van der Waals surface area contributed by atoms with Crippen molar-refractivity contribution in [1.82, 2.24) is 4.98 Å². The van der Waals surface area contributed by atoms with Crippen LogP contribution in [0.3, 0.4) is 0 Å². The summed E-state index contributed by atoms with van der Waals surface area (Å²) in [5.41, 5.74) is 0.338. The molecule has 0 aliphatic carbocycles. The number of sulfone groups is 1. The van der Waals surface area contributed by atoms with E-state index in [0.717, 1.165) is 23.0 Å². The Morgan fingerprint density at radius 3 is 2.35 bits per heavy atom. The normalized spacial score (nSPS) is 11.3. The van der Waals surface area contributed by atoms with Gasteiger partial charge in [0.25, 0.3) is 5.69 Å². The van der Waals surface area contributed by atoms with E-state index in [4.69, 9.17) is 0 Å². The summed E-state index contributed by atoms with van der Waals surface area (Å²) >= 11 is 3.27. The van der Waals surface area contributed by atoms with Gasteiger partial charge in [-0.25, -0.2) is 13.4 Å². The molecule has 6 nitrogen and oxygen atoms in total. The summed E-state index contributed by atoms with van der Waals surface area (Å²) in [6.45, 7) is 0. The molecule has 0 aliphatic heterocycles. The summed E-state index contributed by atoms with van der Waals surface area (Å²) in [5, 5.41) is 11.1. The molecule has 104 valence electrons. The molecule has 2 aromatic rings. The third-order valence-corrected chi connectivity index (χ3v) is 4.19. The number of aromatic nitrogens is 1. The van der Waals surface area contributed by atoms with Gasteiger partial charge >= 0.3 is 0 Å². The van der Waals surface area contributed by atoms with Crippen LogP contribution in [0.4, 0.5) is 5.69 Å². The van der Waals surface area contributed by atoms with Crippen LogP contribution in [0.1, 0.15) is 0 Å². The second kappa shape index (κ2) is 5.29. The van der Waals surface area contributed by atoms with E-state index >= 15 is 0 Å². The molecule has 0 atom stereocenters. The highest BCUT2D eigenvalue weighted by Crippen LogP contribution is 2.30. The van der Waals surface area contributed by atoms with Crippen molar-refractivity contribution in [2.45, 2.75) is 4.90 Å². The fourth-order valence-corrected chi connectivity index (χ4v) is 2.44. The van der Waals surface area contributed by atoms with Gasteiger partial charge < -0.3 is 0 Å². The van der Waals surface area contributed by atoms with E-state index in [9.17, 15) is 18.5 Å². The standard InChI is InChI=1S/C12H9BrN2O4S/c1-20(18,19)10-6-11(15(16)17)12(14-7-10)8-2-4-9(13)5-3-8/h2-7H,1H3. The summed E-state index contributed by atoms with van der Waals surface area (Å²) in [6.07, 6.45) is 2.10. The Morgan fingerprint density at radius 2 is 1.85 bits per heavy atom. The quantitative estimate of drug-likeness (QED) is 0.622. The molecule has 2 rings (SSSR count). The minimum Gasteiger partial charge on any atom is -0.258 e. The topological polar surface area (TPSA) is 90.2 Å². The number of pyridine rings is 1. The Hall–Kier alpha value is -1.80. The molecule has 0 spiro atoms. The average Bonchev–Trinajstić information content (AvgIpc) is 2.38. The Labute approximate surface area is 123 Å². The van der Waals surface area contributed by atoms with E-state index in [1.807, 2.05) is 0 Å². The summed E-state index contributed by atoms with van der Waals surface area (Å²) in [4.78, 5) is 14.2. The first-order chi connectivity index (χ1) is 9.29. The molecule has 0 fully saturated rings. The van der Waals surface area contributed by atoms with Crippen LogP contribution in [0, 0.1) is 10.1 Å². The predicted octanol–water partition coefficient (Wildman–Crippen LogP) is 2.82. The minimum atomic E-state index is -3.54. The lowest BCUT2D eigenvalue weighted by atomic mass is 10.1. The van der Waals surface area contributed by atoms with Crippen molar-refractivity contribution in [2.75, 3.05) is 6.26 Å². The lowest BCUT2D eigenvalue weighted by Gasteiger charge is -2.04. The number of rotatable bonds is 3. The predicted molar refractivity (Wildman–Crippen MR) is 77.1 cm³/mol. The van der Waals surface area contributed by atoms with Gasteiger partial charge in [-0.15, -0.1) is 0 Å². The summed E-state index contributed by atoms with van der Waals surface area (Å²) in [7, 11) is -3.54. The molecular formula is C12H9BrN2O4S. The van der Waals surface area contributed by atoms with Crippen molar-refractivity contribution in [1.29, 1.82) is 0 Å². The highest BCUT2D eigenvalue weighted by Gasteiger charge is 2.21. The smallest absolute Gasteiger partial charge is 0.258 e. The number of benzene rings is 1. The van der Waals surface area contributed by atoms with Crippen molar-refractivity contribution in [2.24, 2.45) is 0 Å². The second-order valence-electron chi connectivity index (χ2n) is 4.07. The van der Waals surface area contributed by atoms with E-state index in [0.29, 0.717) is 5.56 Å². The molecule has 0 N–H and O–H groups in total. The first-order valence-corrected chi connectivity index (χ1v) is 8.08. The van der Waals surface area contributed by atoms with Crippen molar-refractivity contribution < 1.29 is 13.3 Å². The molecule has 0 aliphatic rings. The van der Waals surface area contributed by atoms with Crippen molar-refractivity contribution >= 4 is 31.5 Å². The van der Waals surface area contributed by atoms with Gasteiger partial charge in [0.2, 0.25) is 0 Å². The molecule has 0 unspecified atom stereocenters. The van der Waals surface area contributed by atoms with Gasteiger partial charge in [-0.1, -0.05) is 28.1 Å². The van der Waals surface area contributed by atoms with Crippen LogP contribution in [-0.2, 0) is 9.84 Å². The first-order valence-electron chi connectivity index (χ1n) is 5.39. The monoisotopic (exact) mass is 356 g/mol. The van der Waals surface area contributed by atoms with Crippen molar-refractivity contribution in [3.63, 3.8) is 0 Å². The lowest BCUT2D eigenvalue weighted by Crippen LogP contribution is -2.02. The highest BCUT2D eigenvalue weighted by molar-refractivity contribution is 9.10. The average molecular weight is 357 g/mol. The van der Waals surface area contributed by atoms with Crippen LogP contribution in [0.5, 0.6) is 0 Å². The van der Waals surface area contributed by atoms with Gasteiger partial charge in [0.1, 0.15) is 5.69 Å². The maximum atomic E-state index is 11.4. The van der Waals surface area contributed by atoms with Crippen LogP contribution in [-0.4, -0.2) is 24.6 Å². The van der Waals surface area contributed by atoms with E-state index < -0.39 is 14.8 Å². The Kier molecular flexibility index (Phi) is 3.87. The van der Waals surface area contributed by atoms with Crippen LogP contribution in [0.2, 0.25) is 0 Å². The Morgan fingerprint density at radius 1 is 1.25 bits per heavy atom. The molecule has 8 heteroatoms. The molecule has 1 heterocycles. The molecule has 20 heavy (non-hydrogen) atoms. The highest BCUT2D eigenvalue weighted by atomic mass is 79.9. The van der Waals surface area contributed by atoms with Gasteiger partial charge in [0, 0.05) is 28.6 Å². The molecule has 1 aromatic carbocycles. The molecule has 1 aromatic heterocycles. The van der Waals surface area contributed by atoms with Crippen LogP contribution in [0.25, 0.3) is 11.3 Å². The fourth-order valence-electron chi connectivity index (χ4n) is 1.61. The number of hydrogen-bond donors (Lipinski definition) is 0. The van der Waals surface area contributed by atoms with Gasteiger partial charge in [0.15, 0.2) is 9.84 Å². The second-order valence-corrected chi connectivity index (χ2v) is 7.01. The van der Waals surface area contributed by atoms with Crippen molar-refractivity contribution in [3.05, 3.63) is 51.1 Å². The molecule has 0 saturated carbocycles.